The van der Waals surface area contributed by atoms with Gasteiger partial charge >= 0.3 is 0 Å². The molecule has 0 aromatic heterocycles. The van der Waals surface area contributed by atoms with Crippen LogP contribution in [0.1, 0.15) is 32.1 Å². The molecular weight excluding hydrogens is 315 g/mol. The highest BCUT2D eigenvalue weighted by molar-refractivity contribution is 14.2. The van der Waals surface area contributed by atoms with Crippen LogP contribution in [0.25, 0.3) is 0 Å². The van der Waals surface area contributed by atoms with Crippen molar-refractivity contribution in [3.63, 3.8) is 0 Å². The second kappa shape index (κ2) is 6.67. The van der Waals surface area contributed by atoms with E-state index in [1.165, 1.54) is 12.0 Å². The Balaban J connectivity index is 1.69. The fraction of sp³-hybridized carbons (Fsp3) is 0.615. The molecule has 2 aliphatic rings. The van der Waals surface area contributed by atoms with Gasteiger partial charge in [0.1, 0.15) is 0 Å². The Kier molecular flexibility index (Phi) is 5.19. The zero-order valence-electron chi connectivity index (χ0n) is 9.44. The van der Waals surface area contributed by atoms with Crippen LogP contribution in [-0.4, -0.2) is 27.9 Å². The zero-order chi connectivity index (χ0) is 11.2. The summed E-state index contributed by atoms with van der Waals surface area (Å²) < 4.78 is 10.3. The molecule has 3 heteroatoms. The van der Waals surface area contributed by atoms with Crippen LogP contribution in [-0.2, 0) is 4.74 Å². The number of hydrogen-bond donors (Lipinski definition) is 1. The van der Waals surface area contributed by atoms with Crippen molar-refractivity contribution in [2.45, 2.75) is 44.3 Å². The van der Waals surface area contributed by atoms with Gasteiger partial charge in [-0.1, -0.05) is 45.7 Å². The third-order valence-corrected chi connectivity index (χ3v) is 4.64. The summed E-state index contributed by atoms with van der Waals surface area (Å²) in [6, 6.07) is 0. The molecule has 2 rings (SSSR count). The minimum atomic E-state index is -0.234. The van der Waals surface area contributed by atoms with E-state index in [2.05, 4.69) is 20.2 Å². The summed E-state index contributed by atoms with van der Waals surface area (Å²) in [7, 11) is 0. The normalized spacial score (nSPS) is 29.7. The summed E-state index contributed by atoms with van der Waals surface area (Å²) in [6.07, 6.45) is 9.53. The monoisotopic (exact) mass is 334 g/mol. The summed E-state index contributed by atoms with van der Waals surface area (Å²) >= 11 is 0.189. The maximum absolute atomic E-state index is 9.75. The summed E-state index contributed by atoms with van der Waals surface area (Å²) in [4.78, 5) is 0. The first-order valence-electron chi connectivity index (χ1n) is 5.97. The van der Waals surface area contributed by atoms with E-state index in [-0.39, 0.29) is 32.9 Å². The van der Waals surface area contributed by atoms with Gasteiger partial charge in [-0.15, -0.1) is 0 Å². The first kappa shape index (κ1) is 12.5. The molecule has 1 fully saturated rings. The highest BCUT2D eigenvalue weighted by Crippen LogP contribution is 2.22. The summed E-state index contributed by atoms with van der Waals surface area (Å²) in [5.41, 5.74) is 1.36. The molecule has 2 nitrogen and oxygen atoms in total. The minimum Gasteiger partial charge on any atom is -0.390 e. The highest BCUT2D eigenvalue weighted by Gasteiger charge is 2.23. The molecule has 0 amide bonds. The number of hydrogen-bond acceptors (Lipinski definition) is 2. The highest BCUT2D eigenvalue weighted by atomic mass is 127. The quantitative estimate of drug-likeness (QED) is 0.801. The lowest BCUT2D eigenvalue weighted by molar-refractivity contribution is -0.0574. The van der Waals surface area contributed by atoms with Crippen LogP contribution in [0.3, 0.4) is 0 Å². The molecule has 0 spiro atoms. The van der Waals surface area contributed by atoms with E-state index >= 15 is 0 Å². The largest absolute Gasteiger partial charge is 0.390 e. The van der Waals surface area contributed by atoms with Crippen molar-refractivity contribution in [2.75, 3.05) is 6.61 Å². The van der Waals surface area contributed by atoms with Crippen LogP contribution < -0.4 is 0 Å². The SMILES string of the molecule is O[C@@H]1CCCCC1OCCC1=CC=IC=C1. The van der Waals surface area contributed by atoms with Gasteiger partial charge in [0.05, 0.1) is 18.8 Å². The molecule has 2 atom stereocenters. The van der Waals surface area contributed by atoms with Crippen molar-refractivity contribution in [2.24, 2.45) is 0 Å². The summed E-state index contributed by atoms with van der Waals surface area (Å²) in [6.45, 7) is 0.740. The van der Waals surface area contributed by atoms with E-state index in [4.69, 9.17) is 4.74 Å². The van der Waals surface area contributed by atoms with E-state index in [9.17, 15) is 5.11 Å². The van der Waals surface area contributed by atoms with Gasteiger partial charge in [-0.2, -0.15) is 0 Å². The van der Waals surface area contributed by atoms with Gasteiger partial charge in [-0.3, -0.25) is 0 Å². The van der Waals surface area contributed by atoms with Gasteiger partial charge in [0, 0.05) is 0 Å². The second-order valence-electron chi connectivity index (χ2n) is 4.30. The Morgan fingerprint density at radius 1 is 1.38 bits per heavy atom. The molecule has 0 radical (unpaired) electrons. The minimum absolute atomic E-state index is 0.0818. The van der Waals surface area contributed by atoms with Crippen LogP contribution in [0.5, 0.6) is 0 Å². The molecule has 1 unspecified atom stereocenters. The molecule has 0 aromatic carbocycles. The van der Waals surface area contributed by atoms with Crippen LogP contribution in [0.15, 0.2) is 21.8 Å². The Labute approximate surface area is 107 Å². The second-order valence-corrected chi connectivity index (χ2v) is 6.45. The maximum atomic E-state index is 9.75. The predicted molar refractivity (Wildman–Crippen MR) is 76.1 cm³/mol. The number of allylic oxidation sites excluding steroid dienone is 2. The fourth-order valence-electron chi connectivity index (χ4n) is 2.10. The van der Waals surface area contributed by atoms with Crippen molar-refractivity contribution >= 4 is 24.7 Å². The molecule has 0 saturated heterocycles. The molecule has 90 valence electrons. The lowest BCUT2D eigenvalue weighted by atomic mass is 9.95. The standard InChI is InChI=1S/C13H19IO2/c15-12-3-1-2-4-13(12)16-10-7-11-5-8-14-9-6-11/h5-6,8-9,12-13,15H,1-4,7,10H2/t12-,13?/m1/s1. The van der Waals surface area contributed by atoms with E-state index in [0.29, 0.717) is 0 Å². The predicted octanol–water partition coefficient (Wildman–Crippen LogP) is 2.92. The lowest BCUT2D eigenvalue weighted by Crippen LogP contribution is -2.32. The molecule has 1 heterocycles. The van der Waals surface area contributed by atoms with Crippen molar-refractivity contribution in [3.05, 3.63) is 21.8 Å². The Morgan fingerprint density at radius 3 is 3.00 bits per heavy atom. The topological polar surface area (TPSA) is 29.5 Å². The van der Waals surface area contributed by atoms with E-state index in [0.717, 1.165) is 32.3 Å². The molecular formula is C13H19IO2. The van der Waals surface area contributed by atoms with Gasteiger partial charge < -0.3 is 9.84 Å². The average Bonchev–Trinajstić information content (AvgIpc) is 2.33. The van der Waals surface area contributed by atoms with Crippen molar-refractivity contribution in [3.8, 4) is 0 Å². The van der Waals surface area contributed by atoms with Gasteiger partial charge in [0.25, 0.3) is 0 Å². The summed E-state index contributed by atoms with van der Waals surface area (Å²) in [5, 5.41) is 9.75. The lowest BCUT2D eigenvalue weighted by Gasteiger charge is -2.27. The van der Waals surface area contributed by atoms with Gasteiger partial charge in [0.2, 0.25) is 0 Å². The fourth-order valence-corrected chi connectivity index (χ4v) is 3.68. The van der Waals surface area contributed by atoms with E-state index < -0.39 is 0 Å². The van der Waals surface area contributed by atoms with Gasteiger partial charge in [-0.05, 0) is 32.9 Å². The number of halogens is 1. The first-order valence-corrected chi connectivity index (χ1v) is 8.46. The molecule has 0 bridgehead atoms. The molecule has 0 aromatic rings. The number of rotatable bonds is 4. The van der Waals surface area contributed by atoms with Crippen LogP contribution in [0, 0.1) is 0 Å². The van der Waals surface area contributed by atoms with Gasteiger partial charge in [-0.25, -0.2) is 0 Å². The van der Waals surface area contributed by atoms with E-state index in [1.807, 2.05) is 0 Å². The van der Waals surface area contributed by atoms with Crippen LogP contribution in [0.4, 0.5) is 0 Å². The summed E-state index contributed by atoms with van der Waals surface area (Å²) in [5.74, 6) is 0. The molecule has 1 aliphatic carbocycles. The molecule has 1 saturated carbocycles. The van der Waals surface area contributed by atoms with Crippen molar-refractivity contribution < 1.29 is 9.84 Å². The number of aliphatic hydroxyl groups is 1. The molecule has 1 N–H and O–H groups in total. The molecule has 16 heavy (non-hydrogen) atoms. The Bertz CT molecular complexity index is 307. The van der Waals surface area contributed by atoms with Crippen molar-refractivity contribution in [1.82, 2.24) is 0 Å². The van der Waals surface area contributed by atoms with Crippen molar-refractivity contribution in [1.29, 1.82) is 0 Å². The Morgan fingerprint density at radius 2 is 2.25 bits per heavy atom. The third kappa shape index (κ3) is 3.79. The average molecular weight is 334 g/mol. The van der Waals surface area contributed by atoms with Gasteiger partial charge in [0.15, 0.2) is 0 Å². The first-order chi connectivity index (χ1) is 7.86. The van der Waals surface area contributed by atoms with Crippen LogP contribution >= 0.6 is 20.7 Å². The van der Waals surface area contributed by atoms with E-state index in [1.54, 1.807) is 0 Å². The smallest absolute Gasteiger partial charge is 0.0834 e. The molecule has 1 aliphatic heterocycles. The third-order valence-electron chi connectivity index (χ3n) is 3.09. The maximum Gasteiger partial charge on any atom is 0.0834 e. The number of aliphatic hydroxyl groups excluding tert-OH is 1. The Hall–Kier alpha value is -0.0000000000000000555. The van der Waals surface area contributed by atoms with Crippen LogP contribution in [0.2, 0.25) is 0 Å². The number of ether oxygens (including phenoxy) is 1. The zero-order valence-corrected chi connectivity index (χ0v) is 11.6.